The zero-order chi connectivity index (χ0) is 99.5. The fourth-order valence-corrected chi connectivity index (χ4v) is 24.6. The monoisotopic (exact) mass is 1940 g/mol. The van der Waals surface area contributed by atoms with Crippen molar-refractivity contribution in [3.63, 3.8) is 0 Å². The molecule has 0 saturated carbocycles. The molecule has 0 spiro atoms. The molecule has 6 nitrogen and oxygen atoms in total. The van der Waals surface area contributed by atoms with Crippen LogP contribution in [0.3, 0.4) is 0 Å². The van der Waals surface area contributed by atoms with Gasteiger partial charge in [-0.05, 0) is 321 Å². The molecule has 20 aromatic carbocycles. The average molecular weight is 1940 g/mol. The predicted octanol–water partition coefficient (Wildman–Crippen LogP) is 35.4. The fraction of sp³-hybridized carbons (Fsp3) is 0.134. The van der Waals surface area contributed by atoms with Gasteiger partial charge in [-0.3, -0.25) is 0 Å². The van der Waals surface area contributed by atoms with Gasteiger partial charge in [0.25, 0.3) is 0 Å². The van der Waals surface area contributed by atoms with Crippen molar-refractivity contribution in [2.45, 2.75) is 117 Å². The van der Waals surface area contributed by atoms with Crippen LogP contribution in [-0.2, 0) is 27.9 Å². The van der Waals surface area contributed by atoms with E-state index in [0.29, 0.717) is 0 Å². The molecular weight excluding hydrogens is 1830 g/mol. The van der Waals surface area contributed by atoms with E-state index in [2.05, 4.69) is 526 Å². The molecule has 708 valence electrons. The molecular formula is C134H109B3O6S3. The highest BCUT2D eigenvalue weighted by Gasteiger charge is 2.54. The third-order valence-corrected chi connectivity index (χ3v) is 34.8. The van der Waals surface area contributed by atoms with Crippen molar-refractivity contribution in [1.82, 2.24) is 0 Å². The van der Waals surface area contributed by atoms with Crippen molar-refractivity contribution in [3.05, 3.63) is 443 Å². The molecule has 6 heterocycles. The second-order valence-corrected chi connectivity index (χ2v) is 45.2. The first-order valence-electron chi connectivity index (χ1n) is 50.6. The lowest BCUT2D eigenvalue weighted by Crippen LogP contribution is -2.41. The smallest absolute Gasteiger partial charge is 0.399 e. The summed E-state index contributed by atoms with van der Waals surface area (Å²) in [7, 11) is -1.41. The largest absolute Gasteiger partial charge is 0.494 e. The van der Waals surface area contributed by atoms with Crippen LogP contribution >= 0.6 is 34.0 Å². The molecule has 146 heavy (non-hydrogen) atoms. The van der Waals surface area contributed by atoms with Crippen LogP contribution in [0, 0.1) is 0 Å². The van der Waals surface area contributed by atoms with Crippen LogP contribution in [0.4, 0.5) is 0 Å². The number of fused-ring (bicyclic) bond motifs is 12. The van der Waals surface area contributed by atoms with E-state index in [4.69, 9.17) is 27.9 Å². The van der Waals surface area contributed by atoms with Crippen molar-refractivity contribution in [1.29, 1.82) is 0 Å². The molecule has 3 aliphatic rings. The first kappa shape index (κ1) is 93.9. The predicted molar refractivity (Wildman–Crippen MR) is 625 cm³/mol. The molecule has 0 radical (unpaired) electrons. The summed E-state index contributed by atoms with van der Waals surface area (Å²) in [5, 5.41) is 12.9. The highest BCUT2D eigenvalue weighted by atomic mass is 32.1. The zero-order valence-electron chi connectivity index (χ0n) is 84.1. The quantitative estimate of drug-likeness (QED) is 0.0753. The number of benzene rings is 20. The molecule has 0 amide bonds. The molecule has 23 aromatic rings. The Hall–Kier alpha value is -14.5. The molecule has 0 N–H and O–H groups in total. The van der Waals surface area contributed by atoms with Crippen molar-refractivity contribution in [3.8, 4) is 134 Å². The highest BCUT2D eigenvalue weighted by Crippen LogP contribution is 2.49. The summed E-state index contributed by atoms with van der Waals surface area (Å²) in [5.74, 6) is 0. The van der Waals surface area contributed by atoms with Crippen LogP contribution in [0.2, 0.25) is 0 Å². The Kier molecular flexibility index (Phi) is 24.1. The summed E-state index contributed by atoms with van der Waals surface area (Å²) in [6.45, 7) is 25.4. The maximum absolute atomic E-state index is 6.64. The second-order valence-electron chi connectivity index (χ2n) is 42.0. The maximum atomic E-state index is 6.64. The van der Waals surface area contributed by atoms with Gasteiger partial charge in [0.05, 0.1) is 33.6 Å². The summed E-state index contributed by atoms with van der Waals surface area (Å²) in [4.78, 5) is 0. The van der Waals surface area contributed by atoms with E-state index >= 15 is 0 Å². The second kappa shape index (κ2) is 37.5. The lowest BCUT2D eigenvalue weighted by atomic mass is 9.76. The Bertz CT molecular complexity index is 8850. The topological polar surface area (TPSA) is 55.4 Å². The number of hydrogen-bond acceptors (Lipinski definition) is 9. The van der Waals surface area contributed by atoms with Crippen LogP contribution in [0.5, 0.6) is 0 Å². The first-order chi connectivity index (χ1) is 70.7. The zero-order valence-corrected chi connectivity index (χ0v) is 86.5. The minimum absolute atomic E-state index is 0.420. The first-order valence-corrected chi connectivity index (χ1v) is 53.1. The molecule has 0 atom stereocenters. The normalized spacial score (nSPS) is 15.4. The van der Waals surface area contributed by atoms with Crippen LogP contribution < -0.4 is 16.4 Å². The third kappa shape index (κ3) is 17.7. The summed E-state index contributed by atoms with van der Waals surface area (Å²) in [6.07, 6.45) is 0. The number of rotatable bonds is 15. The minimum atomic E-state index is -0.487. The van der Waals surface area contributed by atoms with E-state index in [1.54, 1.807) is 0 Å². The van der Waals surface area contributed by atoms with Gasteiger partial charge in [-0.15, -0.1) is 34.0 Å². The van der Waals surface area contributed by atoms with E-state index in [1.807, 2.05) is 34.0 Å². The van der Waals surface area contributed by atoms with Gasteiger partial charge in [0.2, 0.25) is 0 Å². The maximum Gasteiger partial charge on any atom is 0.494 e. The van der Waals surface area contributed by atoms with Gasteiger partial charge in [-0.1, -0.05) is 376 Å². The standard InChI is InChI=1S/C48H39BO2S.C44H35BO2S.C42H35BO2S/c1-47(2)48(3,4)51-49(50-47)41-30-39(34-22-24-35(25-23-34)42-19-13-20-44-43-18-11-12-21-45(43)52-46(42)44)29-40(31-41)38-27-36(32-14-7-5-8-15-32)26-37(28-38)33-16-9-6-10-17-33;1-43(2)44(3,4)47-45(46-43)33-25-31(24-32(26-33)40-27-30-12-5-6-13-34(30)36-14-7-8-15-37(36)40)28-20-22-29(23-21-28)35-17-11-18-39-38-16-9-10-19-41(38)48-42(35)39;1-41(2)42(3,4)45-43(44-41)35-26-33(25-34(27-35)32-15-10-14-31(24-32)28-12-6-5-7-13-28)29-20-22-30(23-21-29)36-17-11-18-38-37-16-8-9-19-39(37)46-40(36)38/h5-31H,1-4H3;5-27H,1-4H3;5-27H,1-4H3. The van der Waals surface area contributed by atoms with E-state index in [-0.39, 0.29) is 0 Å². The fourth-order valence-electron chi connectivity index (χ4n) is 20.9. The van der Waals surface area contributed by atoms with Gasteiger partial charge in [-0.25, -0.2) is 0 Å². The number of hydrogen-bond donors (Lipinski definition) is 0. The van der Waals surface area contributed by atoms with Gasteiger partial charge in [0.1, 0.15) is 0 Å². The Morgan fingerprint density at radius 1 is 0.151 bits per heavy atom. The molecule has 3 aromatic heterocycles. The highest BCUT2D eigenvalue weighted by molar-refractivity contribution is 7.27. The molecule has 3 saturated heterocycles. The molecule has 3 fully saturated rings. The van der Waals surface area contributed by atoms with Crippen LogP contribution in [-0.4, -0.2) is 55.0 Å². The molecule has 0 unspecified atom stereocenters. The molecule has 0 aliphatic carbocycles. The molecule has 3 aliphatic heterocycles. The average Bonchev–Trinajstić information content (AvgIpc) is 1.76. The minimum Gasteiger partial charge on any atom is -0.399 e. The Morgan fingerprint density at radius 2 is 0.370 bits per heavy atom. The lowest BCUT2D eigenvalue weighted by Gasteiger charge is -2.32. The Labute approximate surface area is 868 Å². The van der Waals surface area contributed by atoms with Crippen molar-refractivity contribution >= 4 is 154 Å². The van der Waals surface area contributed by atoms with Gasteiger partial charge in [-0.2, -0.15) is 0 Å². The summed E-state index contributed by atoms with van der Waals surface area (Å²) in [5.41, 5.74) is 28.9. The number of thiophene rings is 3. The van der Waals surface area contributed by atoms with Crippen molar-refractivity contribution in [2.75, 3.05) is 0 Å². The van der Waals surface area contributed by atoms with Crippen LogP contribution in [0.1, 0.15) is 83.1 Å². The van der Waals surface area contributed by atoms with E-state index in [1.165, 1.54) is 154 Å². The van der Waals surface area contributed by atoms with Gasteiger partial charge >= 0.3 is 21.4 Å². The van der Waals surface area contributed by atoms with E-state index in [0.717, 1.165) is 77.6 Å². The van der Waals surface area contributed by atoms with Gasteiger partial charge in [0.15, 0.2) is 0 Å². The Morgan fingerprint density at radius 3 is 0.726 bits per heavy atom. The van der Waals surface area contributed by atoms with E-state index in [9.17, 15) is 0 Å². The summed E-state index contributed by atoms with van der Waals surface area (Å²) in [6, 6.07) is 161. The molecule has 12 heteroatoms. The Balaban J connectivity index is 0.000000118. The van der Waals surface area contributed by atoms with E-state index < -0.39 is 55.0 Å². The molecule has 26 rings (SSSR count). The summed E-state index contributed by atoms with van der Waals surface area (Å²) >= 11 is 5.61. The lowest BCUT2D eigenvalue weighted by molar-refractivity contribution is 0.00578. The van der Waals surface area contributed by atoms with Crippen LogP contribution in [0.25, 0.3) is 216 Å². The van der Waals surface area contributed by atoms with Crippen molar-refractivity contribution in [2.24, 2.45) is 0 Å². The molecule has 0 bridgehead atoms. The summed E-state index contributed by atoms with van der Waals surface area (Å²) < 4.78 is 47.6. The van der Waals surface area contributed by atoms with Gasteiger partial charge in [0, 0.05) is 60.5 Å². The third-order valence-electron chi connectivity index (χ3n) is 31.1. The van der Waals surface area contributed by atoms with Crippen molar-refractivity contribution < 1.29 is 27.9 Å². The SMILES string of the molecule is CC1(C)OB(c2cc(-c3ccc(-c4cccc5c4sc4ccccc45)cc3)cc(-c3cc(-c4ccccc4)cc(-c4ccccc4)c3)c2)OC1(C)C.CC1(C)OB(c2cc(-c3ccc(-c4cccc5c4sc4ccccc45)cc3)cc(-c3cc4ccccc4c4ccccc34)c2)OC1(C)C.CC1(C)OB(c2cc(-c3ccc(-c4cccc5c4sc4ccccc45)cc3)cc(-c3cccc(-c4ccccc4)c3)c2)OC1(C)C. The van der Waals surface area contributed by atoms with Crippen LogP contribution in [0.15, 0.2) is 443 Å². The van der Waals surface area contributed by atoms with Gasteiger partial charge < -0.3 is 27.9 Å².